The van der Waals surface area contributed by atoms with E-state index in [1.54, 1.807) is 0 Å². The lowest BCUT2D eigenvalue weighted by Gasteiger charge is -2.35. The van der Waals surface area contributed by atoms with E-state index in [2.05, 4.69) is 19.6 Å². The fraction of sp³-hybridized carbons (Fsp3) is 0.444. The second kappa shape index (κ2) is 7.06. The van der Waals surface area contributed by atoms with Gasteiger partial charge in [-0.3, -0.25) is 9.69 Å². The number of likely N-dealkylation sites (tertiary alicyclic amines) is 1. The van der Waals surface area contributed by atoms with Gasteiger partial charge in [0.25, 0.3) is 5.56 Å². The Balaban J connectivity index is 1.63. The number of hydrogen-bond acceptors (Lipinski definition) is 6. The van der Waals surface area contributed by atoms with Crippen molar-refractivity contribution in [2.75, 3.05) is 19.3 Å². The van der Waals surface area contributed by atoms with E-state index in [1.165, 1.54) is 0 Å². The third-order valence-electron chi connectivity index (χ3n) is 4.96. The molecule has 4 rings (SSSR count). The first-order valence-corrected chi connectivity index (χ1v) is 10.9. The van der Waals surface area contributed by atoms with Crippen LogP contribution in [0, 0.1) is 0 Å². The largest absolute Gasteiger partial charge is 0.449 e. The maximum absolute atomic E-state index is 12.5. The Morgan fingerprint density at radius 3 is 2.96 bits per heavy atom. The second-order valence-electron chi connectivity index (χ2n) is 7.03. The maximum Gasteiger partial charge on any atom is 0.294 e. The number of hydrogen-bond donors (Lipinski definition) is 2. The van der Waals surface area contributed by atoms with Crippen LogP contribution in [0.3, 0.4) is 0 Å². The smallest absolute Gasteiger partial charge is 0.294 e. The number of piperidine rings is 1. The summed E-state index contributed by atoms with van der Waals surface area (Å²) in [4.78, 5) is 22.1. The number of nitrogens with one attached hydrogen (secondary N) is 2. The van der Waals surface area contributed by atoms with E-state index in [9.17, 15) is 13.2 Å². The minimum atomic E-state index is -3.23. The summed E-state index contributed by atoms with van der Waals surface area (Å²) < 4.78 is 31.1. The topological polar surface area (TPSA) is 108 Å². The molecule has 8 nitrogen and oxygen atoms in total. The molecule has 0 bridgehead atoms. The number of para-hydroxylation sites is 1. The summed E-state index contributed by atoms with van der Waals surface area (Å²) in [6.07, 6.45) is 4.17. The summed E-state index contributed by atoms with van der Waals surface area (Å²) in [6.45, 7) is 1.66. The van der Waals surface area contributed by atoms with Gasteiger partial charge in [0.2, 0.25) is 15.6 Å². The summed E-state index contributed by atoms with van der Waals surface area (Å²) in [5.74, 6) is 0.560. The molecule has 1 fully saturated rings. The monoisotopic (exact) mass is 390 g/mol. The van der Waals surface area contributed by atoms with Crippen LogP contribution in [-0.4, -0.2) is 48.7 Å². The standard InChI is InChI=1S/C18H22N4O4S/c1-27(24,25)19-10-12-6-4-5-9-22(12)11-15-20-16-13-7-2-3-8-14(13)26-17(16)18(23)21-15/h2-3,7-8,12,19H,4-6,9-11H2,1H3,(H,20,21,23). The van der Waals surface area contributed by atoms with Gasteiger partial charge in [-0.2, -0.15) is 0 Å². The molecule has 1 saturated heterocycles. The van der Waals surface area contributed by atoms with Crippen molar-refractivity contribution in [1.82, 2.24) is 19.6 Å². The van der Waals surface area contributed by atoms with Crippen molar-refractivity contribution >= 4 is 32.1 Å². The molecule has 9 heteroatoms. The molecule has 0 amide bonds. The molecule has 0 spiro atoms. The van der Waals surface area contributed by atoms with E-state index in [0.29, 0.717) is 30.0 Å². The highest BCUT2D eigenvalue weighted by molar-refractivity contribution is 7.88. The first-order valence-electron chi connectivity index (χ1n) is 9.00. The molecular formula is C18H22N4O4S. The van der Waals surface area contributed by atoms with Crippen LogP contribution in [0.5, 0.6) is 0 Å². The number of nitrogens with zero attached hydrogens (tertiary/aromatic N) is 2. The molecule has 3 aromatic rings. The number of rotatable bonds is 5. The van der Waals surface area contributed by atoms with Crippen LogP contribution >= 0.6 is 0 Å². The molecule has 1 aliphatic heterocycles. The average molecular weight is 390 g/mol. The minimum absolute atomic E-state index is 0.0792. The SMILES string of the molecule is CS(=O)(=O)NCC1CCCCN1Cc1nc2c(oc3ccccc32)c(=O)[nH]1. The minimum Gasteiger partial charge on any atom is -0.449 e. The first kappa shape index (κ1) is 18.1. The zero-order valence-corrected chi connectivity index (χ0v) is 15.9. The molecule has 1 unspecified atom stereocenters. The van der Waals surface area contributed by atoms with E-state index >= 15 is 0 Å². The summed E-state index contributed by atoms with van der Waals surface area (Å²) in [6, 6.07) is 7.52. The Hall–Kier alpha value is -2.23. The zero-order chi connectivity index (χ0) is 19.0. The van der Waals surface area contributed by atoms with Crippen molar-refractivity contribution in [1.29, 1.82) is 0 Å². The predicted molar refractivity (Wildman–Crippen MR) is 103 cm³/mol. The van der Waals surface area contributed by atoms with Crippen LogP contribution in [0.25, 0.3) is 22.1 Å². The van der Waals surface area contributed by atoms with Gasteiger partial charge in [-0.05, 0) is 31.5 Å². The van der Waals surface area contributed by atoms with Crippen LogP contribution in [0.1, 0.15) is 25.1 Å². The Morgan fingerprint density at radius 1 is 1.33 bits per heavy atom. The maximum atomic E-state index is 12.5. The third kappa shape index (κ3) is 3.90. The van der Waals surface area contributed by atoms with Crippen LogP contribution in [0.15, 0.2) is 33.5 Å². The lowest BCUT2D eigenvalue weighted by atomic mass is 10.0. The van der Waals surface area contributed by atoms with Crippen molar-refractivity contribution in [2.24, 2.45) is 0 Å². The van der Waals surface area contributed by atoms with Gasteiger partial charge in [0, 0.05) is 18.0 Å². The number of H-pyrrole nitrogens is 1. The molecule has 3 heterocycles. The molecule has 2 aromatic heterocycles. The summed E-state index contributed by atoms with van der Waals surface area (Å²) in [5.41, 5.74) is 1.13. The first-order chi connectivity index (χ1) is 12.9. The Kier molecular flexibility index (Phi) is 4.75. The highest BCUT2D eigenvalue weighted by Gasteiger charge is 2.24. The zero-order valence-electron chi connectivity index (χ0n) is 15.1. The van der Waals surface area contributed by atoms with Gasteiger partial charge in [0.15, 0.2) is 0 Å². The van der Waals surface area contributed by atoms with Crippen molar-refractivity contribution in [3.8, 4) is 0 Å². The van der Waals surface area contributed by atoms with Gasteiger partial charge in [-0.15, -0.1) is 0 Å². The van der Waals surface area contributed by atoms with Crippen molar-refractivity contribution < 1.29 is 12.8 Å². The highest BCUT2D eigenvalue weighted by atomic mass is 32.2. The summed E-state index contributed by atoms with van der Waals surface area (Å²) in [5, 5.41) is 0.814. The van der Waals surface area contributed by atoms with Gasteiger partial charge in [-0.25, -0.2) is 18.1 Å². The number of furan rings is 1. The van der Waals surface area contributed by atoms with Crippen LogP contribution in [0.4, 0.5) is 0 Å². The Morgan fingerprint density at radius 2 is 2.15 bits per heavy atom. The predicted octanol–water partition coefficient (Wildman–Crippen LogP) is 1.57. The van der Waals surface area contributed by atoms with Crippen molar-refractivity contribution in [3.63, 3.8) is 0 Å². The highest BCUT2D eigenvalue weighted by Crippen LogP contribution is 2.25. The van der Waals surface area contributed by atoms with Crippen LogP contribution in [-0.2, 0) is 16.6 Å². The summed E-state index contributed by atoms with van der Waals surface area (Å²) in [7, 11) is -3.23. The summed E-state index contributed by atoms with van der Waals surface area (Å²) >= 11 is 0. The van der Waals surface area contributed by atoms with Gasteiger partial charge >= 0.3 is 0 Å². The second-order valence-corrected chi connectivity index (χ2v) is 8.86. The Bertz CT molecular complexity index is 1140. The molecule has 144 valence electrons. The lowest BCUT2D eigenvalue weighted by Crippen LogP contribution is -2.46. The fourth-order valence-electron chi connectivity index (χ4n) is 3.66. The molecule has 0 saturated carbocycles. The molecule has 1 aliphatic rings. The molecule has 0 aliphatic carbocycles. The molecule has 1 aromatic carbocycles. The van der Waals surface area contributed by atoms with Gasteiger partial charge in [0.05, 0.1) is 12.8 Å². The lowest BCUT2D eigenvalue weighted by molar-refractivity contribution is 0.138. The van der Waals surface area contributed by atoms with E-state index < -0.39 is 10.0 Å². The van der Waals surface area contributed by atoms with Crippen LogP contribution in [0.2, 0.25) is 0 Å². The number of aromatic amines is 1. The van der Waals surface area contributed by atoms with E-state index in [4.69, 9.17) is 4.42 Å². The number of benzene rings is 1. The van der Waals surface area contributed by atoms with Crippen LogP contribution < -0.4 is 10.3 Å². The van der Waals surface area contributed by atoms with Crippen molar-refractivity contribution in [2.45, 2.75) is 31.8 Å². The average Bonchev–Trinajstić information content (AvgIpc) is 3.00. The Labute approximate surface area is 156 Å². The normalized spacial score (nSPS) is 19.1. The van der Waals surface area contributed by atoms with E-state index in [-0.39, 0.29) is 17.2 Å². The van der Waals surface area contributed by atoms with Crippen molar-refractivity contribution in [3.05, 3.63) is 40.4 Å². The number of fused-ring (bicyclic) bond motifs is 3. The molecular weight excluding hydrogens is 368 g/mol. The quantitative estimate of drug-likeness (QED) is 0.685. The molecule has 1 atom stereocenters. The van der Waals surface area contributed by atoms with Gasteiger partial charge in [0.1, 0.15) is 16.9 Å². The number of sulfonamides is 1. The molecule has 0 radical (unpaired) electrons. The molecule has 27 heavy (non-hydrogen) atoms. The third-order valence-corrected chi connectivity index (χ3v) is 5.65. The van der Waals surface area contributed by atoms with E-state index in [1.807, 2.05) is 24.3 Å². The molecule has 2 N–H and O–H groups in total. The van der Waals surface area contributed by atoms with Gasteiger partial charge in [-0.1, -0.05) is 18.6 Å². The van der Waals surface area contributed by atoms with E-state index in [0.717, 1.165) is 37.4 Å². The van der Waals surface area contributed by atoms with Gasteiger partial charge < -0.3 is 9.40 Å². The fourth-order valence-corrected chi connectivity index (χ4v) is 4.16. The number of aromatic nitrogens is 2.